The van der Waals surface area contributed by atoms with Gasteiger partial charge in [0, 0.05) is 5.56 Å². The van der Waals surface area contributed by atoms with E-state index in [1.54, 1.807) is 6.07 Å². The van der Waals surface area contributed by atoms with Gasteiger partial charge in [-0.25, -0.2) is 4.39 Å². The summed E-state index contributed by atoms with van der Waals surface area (Å²) < 4.78 is 14.5. The van der Waals surface area contributed by atoms with E-state index in [-0.39, 0.29) is 5.82 Å². The highest BCUT2D eigenvalue weighted by Gasteiger charge is 2.20. The van der Waals surface area contributed by atoms with E-state index >= 15 is 0 Å². The van der Waals surface area contributed by atoms with Crippen LogP contribution in [-0.2, 0) is 12.8 Å². The second-order valence-corrected chi connectivity index (χ2v) is 9.95. The number of halogens is 1. The van der Waals surface area contributed by atoms with Gasteiger partial charge in [0.05, 0.1) is 11.4 Å². The molecule has 0 unspecified atom stereocenters. The van der Waals surface area contributed by atoms with Crippen molar-refractivity contribution in [2.45, 2.75) is 110 Å². The second kappa shape index (κ2) is 13.7. The zero-order valence-corrected chi connectivity index (χ0v) is 20.4. The van der Waals surface area contributed by atoms with Crippen molar-refractivity contribution in [1.82, 2.24) is 10.2 Å². The molecule has 0 bridgehead atoms. The van der Waals surface area contributed by atoms with Crippen LogP contribution in [0, 0.1) is 17.7 Å². The lowest BCUT2D eigenvalue weighted by molar-refractivity contribution is 0.248. The largest absolute Gasteiger partial charge is 0.207 e. The first-order valence-corrected chi connectivity index (χ1v) is 13.3. The maximum absolute atomic E-state index is 14.5. The average Bonchev–Trinajstić information content (AvgIpc) is 2.83. The standard InChI is InChI=1S/C29H43FN2/c1-3-5-7-9-11-25-17-18-26(22-28(25)30)29-21-20-27(31-32-29)19-16-24-14-12-23(13-15-24)10-8-6-4-2/h17-18,20-24H,3-16,19H2,1-2H3. The van der Waals surface area contributed by atoms with Crippen LogP contribution in [0.15, 0.2) is 30.3 Å². The van der Waals surface area contributed by atoms with Crippen molar-refractivity contribution in [3.8, 4) is 11.3 Å². The zero-order valence-electron chi connectivity index (χ0n) is 20.4. The molecule has 32 heavy (non-hydrogen) atoms. The zero-order chi connectivity index (χ0) is 22.6. The van der Waals surface area contributed by atoms with E-state index in [4.69, 9.17) is 0 Å². The van der Waals surface area contributed by atoms with E-state index < -0.39 is 0 Å². The minimum atomic E-state index is -0.116. The number of aryl methyl sites for hydroxylation is 2. The van der Waals surface area contributed by atoms with Gasteiger partial charge in [-0.3, -0.25) is 0 Å². The van der Waals surface area contributed by atoms with Crippen LogP contribution < -0.4 is 0 Å². The molecule has 3 rings (SSSR count). The Morgan fingerprint density at radius 3 is 2.12 bits per heavy atom. The minimum Gasteiger partial charge on any atom is -0.207 e. The van der Waals surface area contributed by atoms with Crippen LogP contribution in [0.5, 0.6) is 0 Å². The molecule has 1 aromatic heterocycles. The molecule has 3 heteroatoms. The molecule has 1 heterocycles. The van der Waals surface area contributed by atoms with Gasteiger partial charge in [0.15, 0.2) is 0 Å². The highest BCUT2D eigenvalue weighted by molar-refractivity contribution is 5.59. The van der Waals surface area contributed by atoms with Crippen molar-refractivity contribution in [2.24, 2.45) is 11.8 Å². The molecule has 1 aliphatic rings. The molecular weight excluding hydrogens is 395 g/mol. The Hall–Kier alpha value is -1.77. The van der Waals surface area contributed by atoms with Crippen LogP contribution in [-0.4, -0.2) is 10.2 Å². The maximum atomic E-state index is 14.5. The van der Waals surface area contributed by atoms with E-state index in [1.807, 2.05) is 18.2 Å². The fourth-order valence-corrected chi connectivity index (χ4v) is 5.14. The first-order chi connectivity index (χ1) is 15.7. The summed E-state index contributed by atoms with van der Waals surface area (Å²) in [6.45, 7) is 4.48. The van der Waals surface area contributed by atoms with Gasteiger partial charge in [-0.15, -0.1) is 0 Å². The Kier molecular flexibility index (Phi) is 10.6. The Balaban J connectivity index is 1.44. The van der Waals surface area contributed by atoms with Crippen molar-refractivity contribution in [3.05, 3.63) is 47.4 Å². The third kappa shape index (κ3) is 7.98. The summed E-state index contributed by atoms with van der Waals surface area (Å²) in [5.74, 6) is 1.70. The summed E-state index contributed by atoms with van der Waals surface area (Å²) in [5.41, 5.74) is 3.46. The molecule has 0 atom stereocenters. The summed E-state index contributed by atoms with van der Waals surface area (Å²) in [6.07, 6.45) is 18.9. The van der Waals surface area contributed by atoms with Gasteiger partial charge in [-0.2, -0.15) is 10.2 Å². The minimum absolute atomic E-state index is 0.116. The third-order valence-corrected chi connectivity index (χ3v) is 7.36. The normalized spacial score (nSPS) is 18.7. The quantitative estimate of drug-likeness (QED) is 0.292. The van der Waals surface area contributed by atoms with E-state index in [0.717, 1.165) is 53.6 Å². The van der Waals surface area contributed by atoms with Gasteiger partial charge in [-0.05, 0) is 61.3 Å². The molecule has 0 amide bonds. The molecule has 176 valence electrons. The SMILES string of the molecule is CCCCCCc1ccc(-c2ccc(CCC3CCC(CCCCC)CC3)nn2)cc1F. The predicted molar refractivity (Wildman–Crippen MR) is 133 cm³/mol. The van der Waals surface area contributed by atoms with E-state index in [2.05, 4.69) is 30.1 Å². The number of aromatic nitrogens is 2. The van der Waals surface area contributed by atoms with E-state index in [0.29, 0.717) is 0 Å². The number of hydrogen-bond acceptors (Lipinski definition) is 2. The summed E-state index contributed by atoms with van der Waals surface area (Å²) in [4.78, 5) is 0. The Morgan fingerprint density at radius 1 is 0.750 bits per heavy atom. The molecular formula is C29H43FN2. The van der Waals surface area contributed by atoms with Crippen molar-refractivity contribution in [1.29, 1.82) is 0 Å². The van der Waals surface area contributed by atoms with Gasteiger partial charge < -0.3 is 0 Å². The van der Waals surface area contributed by atoms with Crippen LogP contribution in [0.25, 0.3) is 11.3 Å². The molecule has 2 nitrogen and oxygen atoms in total. The first kappa shape index (κ1) is 24.9. The average molecular weight is 439 g/mol. The van der Waals surface area contributed by atoms with Crippen LogP contribution in [0.3, 0.4) is 0 Å². The number of nitrogens with zero attached hydrogens (tertiary/aromatic N) is 2. The molecule has 1 aliphatic carbocycles. The predicted octanol–water partition coefficient (Wildman–Crippen LogP) is 8.72. The summed E-state index contributed by atoms with van der Waals surface area (Å²) in [5, 5.41) is 8.86. The van der Waals surface area contributed by atoms with Crippen LogP contribution in [0.1, 0.15) is 109 Å². The van der Waals surface area contributed by atoms with Gasteiger partial charge in [0.2, 0.25) is 0 Å². The molecule has 0 aliphatic heterocycles. The van der Waals surface area contributed by atoms with Crippen molar-refractivity contribution in [3.63, 3.8) is 0 Å². The Bertz CT molecular complexity index is 778. The summed E-state index contributed by atoms with van der Waals surface area (Å²) in [7, 11) is 0. The topological polar surface area (TPSA) is 25.8 Å². The Labute approximate surface area is 195 Å². The van der Waals surface area contributed by atoms with Crippen molar-refractivity contribution in [2.75, 3.05) is 0 Å². The van der Waals surface area contributed by atoms with Crippen molar-refractivity contribution < 1.29 is 4.39 Å². The number of hydrogen-bond donors (Lipinski definition) is 0. The smallest absolute Gasteiger partial charge is 0.127 e. The van der Waals surface area contributed by atoms with Gasteiger partial charge >= 0.3 is 0 Å². The van der Waals surface area contributed by atoms with Crippen LogP contribution in [0.4, 0.5) is 4.39 Å². The molecule has 2 aromatic rings. The molecule has 0 radical (unpaired) electrons. The van der Waals surface area contributed by atoms with Crippen LogP contribution in [0.2, 0.25) is 0 Å². The van der Waals surface area contributed by atoms with Gasteiger partial charge in [0.1, 0.15) is 5.82 Å². The van der Waals surface area contributed by atoms with Gasteiger partial charge in [0.25, 0.3) is 0 Å². The molecule has 1 aromatic carbocycles. The fraction of sp³-hybridized carbons (Fsp3) is 0.655. The number of benzene rings is 1. The summed E-state index contributed by atoms with van der Waals surface area (Å²) >= 11 is 0. The Morgan fingerprint density at radius 2 is 1.47 bits per heavy atom. The highest BCUT2D eigenvalue weighted by Crippen LogP contribution is 2.34. The monoisotopic (exact) mass is 438 g/mol. The van der Waals surface area contributed by atoms with Crippen LogP contribution >= 0.6 is 0 Å². The van der Waals surface area contributed by atoms with E-state index in [1.165, 1.54) is 77.0 Å². The van der Waals surface area contributed by atoms with E-state index in [9.17, 15) is 4.39 Å². The molecule has 1 fully saturated rings. The molecule has 0 saturated heterocycles. The van der Waals surface area contributed by atoms with Crippen molar-refractivity contribution >= 4 is 0 Å². The molecule has 0 N–H and O–H groups in total. The lowest BCUT2D eigenvalue weighted by atomic mass is 9.78. The lowest BCUT2D eigenvalue weighted by Gasteiger charge is -2.28. The number of unbranched alkanes of at least 4 members (excludes halogenated alkanes) is 5. The van der Waals surface area contributed by atoms with Gasteiger partial charge in [-0.1, -0.05) is 96.6 Å². The molecule has 0 spiro atoms. The second-order valence-electron chi connectivity index (χ2n) is 9.95. The highest BCUT2D eigenvalue weighted by atomic mass is 19.1. The summed E-state index contributed by atoms with van der Waals surface area (Å²) in [6, 6.07) is 9.61. The lowest BCUT2D eigenvalue weighted by Crippen LogP contribution is -2.15. The first-order valence-electron chi connectivity index (χ1n) is 13.3. The maximum Gasteiger partial charge on any atom is 0.127 e. The fourth-order valence-electron chi connectivity index (χ4n) is 5.14. The molecule has 1 saturated carbocycles. The third-order valence-electron chi connectivity index (χ3n) is 7.36. The number of rotatable bonds is 13.